The summed E-state index contributed by atoms with van der Waals surface area (Å²) in [5.41, 5.74) is 7.56. The average Bonchev–Trinajstić information content (AvgIpc) is 2.86. The Kier molecular flexibility index (Phi) is 4.33. The van der Waals surface area contributed by atoms with E-state index >= 15 is 0 Å². The number of ether oxygens (including phenoxy) is 1. The summed E-state index contributed by atoms with van der Waals surface area (Å²) < 4.78 is 4.68. The monoisotopic (exact) mass is 248 g/mol. The Hall–Kier alpha value is -1.39. The molecule has 1 aliphatic rings. The van der Waals surface area contributed by atoms with Crippen LogP contribution in [0.1, 0.15) is 28.8 Å². The van der Waals surface area contributed by atoms with Crippen LogP contribution >= 0.6 is 0 Å². The van der Waals surface area contributed by atoms with Crippen LogP contribution in [-0.4, -0.2) is 37.1 Å². The van der Waals surface area contributed by atoms with E-state index in [1.807, 2.05) is 24.3 Å². The first-order valence-electron chi connectivity index (χ1n) is 6.36. The molecule has 1 saturated heterocycles. The summed E-state index contributed by atoms with van der Waals surface area (Å²) in [6.45, 7) is 2.74. The number of hydrogen-bond acceptors (Lipinski definition) is 4. The molecule has 0 amide bonds. The van der Waals surface area contributed by atoms with Crippen LogP contribution in [0.4, 0.5) is 0 Å². The summed E-state index contributed by atoms with van der Waals surface area (Å²) in [7, 11) is 1.40. The maximum atomic E-state index is 11.3. The van der Waals surface area contributed by atoms with Gasteiger partial charge in [0, 0.05) is 19.1 Å². The molecule has 98 valence electrons. The molecule has 2 N–H and O–H groups in total. The van der Waals surface area contributed by atoms with Gasteiger partial charge in [-0.2, -0.15) is 0 Å². The van der Waals surface area contributed by atoms with Crippen LogP contribution in [-0.2, 0) is 11.3 Å². The Morgan fingerprint density at radius 2 is 2.17 bits per heavy atom. The second kappa shape index (κ2) is 5.98. The molecule has 1 aromatic carbocycles. The van der Waals surface area contributed by atoms with Crippen molar-refractivity contribution >= 4 is 5.97 Å². The van der Waals surface area contributed by atoms with Gasteiger partial charge in [0.2, 0.25) is 0 Å². The number of carbonyl (C=O) groups is 1. The Morgan fingerprint density at radius 3 is 2.78 bits per heavy atom. The highest BCUT2D eigenvalue weighted by Gasteiger charge is 2.22. The molecular formula is C14H20N2O2. The van der Waals surface area contributed by atoms with Gasteiger partial charge in [0.25, 0.3) is 0 Å². The largest absolute Gasteiger partial charge is 0.465 e. The van der Waals surface area contributed by atoms with Gasteiger partial charge in [-0.15, -0.1) is 0 Å². The molecule has 0 aromatic heterocycles. The Morgan fingerprint density at radius 1 is 1.44 bits per heavy atom. The maximum absolute atomic E-state index is 11.3. The fourth-order valence-corrected chi connectivity index (χ4v) is 2.47. The molecule has 1 unspecified atom stereocenters. The highest BCUT2D eigenvalue weighted by Crippen LogP contribution is 2.19. The van der Waals surface area contributed by atoms with Gasteiger partial charge in [-0.1, -0.05) is 12.1 Å². The highest BCUT2D eigenvalue weighted by molar-refractivity contribution is 5.89. The predicted molar refractivity (Wildman–Crippen MR) is 70.3 cm³/mol. The summed E-state index contributed by atoms with van der Waals surface area (Å²) in [4.78, 5) is 13.7. The summed E-state index contributed by atoms with van der Waals surface area (Å²) in [6.07, 6.45) is 2.42. The second-order valence-corrected chi connectivity index (χ2v) is 4.69. The van der Waals surface area contributed by atoms with Gasteiger partial charge in [0.1, 0.15) is 0 Å². The van der Waals surface area contributed by atoms with Gasteiger partial charge in [0.05, 0.1) is 12.7 Å². The topological polar surface area (TPSA) is 55.6 Å². The van der Waals surface area contributed by atoms with Gasteiger partial charge in [-0.3, -0.25) is 4.90 Å². The molecule has 1 aromatic rings. The highest BCUT2D eigenvalue weighted by atomic mass is 16.5. The van der Waals surface area contributed by atoms with E-state index in [1.54, 1.807) is 0 Å². The van der Waals surface area contributed by atoms with Crippen molar-refractivity contribution in [1.29, 1.82) is 0 Å². The van der Waals surface area contributed by atoms with E-state index in [0.29, 0.717) is 11.6 Å². The molecule has 0 bridgehead atoms. The summed E-state index contributed by atoms with van der Waals surface area (Å²) in [5.74, 6) is -0.289. The molecule has 1 fully saturated rings. The second-order valence-electron chi connectivity index (χ2n) is 4.69. The molecular weight excluding hydrogens is 228 g/mol. The van der Waals surface area contributed by atoms with Crippen molar-refractivity contribution in [1.82, 2.24) is 4.90 Å². The van der Waals surface area contributed by atoms with Crippen LogP contribution < -0.4 is 5.73 Å². The number of nitrogens with two attached hydrogens (primary N) is 1. The maximum Gasteiger partial charge on any atom is 0.337 e. The minimum Gasteiger partial charge on any atom is -0.465 e. The molecule has 0 saturated carbocycles. The Labute approximate surface area is 108 Å². The third-order valence-corrected chi connectivity index (χ3v) is 3.53. The molecule has 18 heavy (non-hydrogen) atoms. The van der Waals surface area contributed by atoms with Gasteiger partial charge < -0.3 is 10.5 Å². The lowest BCUT2D eigenvalue weighted by atomic mass is 10.1. The lowest BCUT2D eigenvalue weighted by Gasteiger charge is -2.23. The molecule has 4 heteroatoms. The van der Waals surface area contributed by atoms with E-state index in [4.69, 9.17) is 5.73 Å². The fourth-order valence-electron chi connectivity index (χ4n) is 2.47. The van der Waals surface area contributed by atoms with Crippen LogP contribution in [0.25, 0.3) is 0 Å². The van der Waals surface area contributed by atoms with Crippen molar-refractivity contribution in [2.24, 2.45) is 5.73 Å². The molecule has 1 atom stereocenters. The number of benzene rings is 1. The summed E-state index contributed by atoms with van der Waals surface area (Å²) in [5, 5.41) is 0. The molecule has 0 aliphatic carbocycles. The molecule has 0 radical (unpaired) electrons. The number of nitrogens with zero attached hydrogens (tertiary/aromatic N) is 1. The van der Waals surface area contributed by atoms with Crippen LogP contribution in [0.15, 0.2) is 24.3 Å². The molecule has 1 aliphatic heterocycles. The van der Waals surface area contributed by atoms with Crippen LogP contribution in [0.2, 0.25) is 0 Å². The van der Waals surface area contributed by atoms with E-state index in [2.05, 4.69) is 9.64 Å². The first kappa shape index (κ1) is 13.1. The smallest absolute Gasteiger partial charge is 0.337 e. The van der Waals surface area contributed by atoms with Crippen molar-refractivity contribution < 1.29 is 9.53 Å². The minimum atomic E-state index is -0.289. The van der Waals surface area contributed by atoms with Crippen LogP contribution in [0.3, 0.4) is 0 Å². The van der Waals surface area contributed by atoms with E-state index < -0.39 is 0 Å². The third-order valence-electron chi connectivity index (χ3n) is 3.53. The Bertz CT molecular complexity index is 403. The van der Waals surface area contributed by atoms with Crippen molar-refractivity contribution in [3.63, 3.8) is 0 Å². The SMILES string of the molecule is COC(=O)c1ccc(CN2CCCC2CN)cc1. The first-order chi connectivity index (χ1) is 8.74. The number of likely N-dealkylation sites (tertiary alicyclic amines) is 1. The molecule has 4 nitrogen and oxygen atoms in total. The average molecular weight is 248 g/mol. The van der Waals surface area contributed by atoms with Gasteiger partial charge in [-0.25, -0.2) is 4.79 Å². The van der Waals surface area contributed by atoms with Crippen LogP contribution in [0.5, 0.6) is 0 Å². The van der Waals surface area contributed by atoms with Gasteiger partial charge in [-0.05, 0) is 37.1 Å². The van der Waals surface area contributed by atoms with Crippen molar-refractivity contribution in [3.05, 3.63) is 35.4 Å². The van der Waals surface area contributed by atoms with Crippen molar-refractivity contribution in [3.8, 4) is 0 Å². The van der Waals surface area contributed by atoms with E-state index in [-0.39, 0.29) is 5.97 Å². The predicted octanol–water partition coefficient (Wildman–Crippen LogP) is 1.40. The van der Waals surface area contributed by atoms with Crippen molar-refractivity contribution in [2.75, 3.05) is 20.2 Å². The zero-order valence-electron chi connectivity index (χ0n) is 10.8. The van der Waals surface area contributed by atoms with E-state index in [0.717, 1.165) is 19.6 Å². The minimum absolute atomic E-state index is 0.289. The van der Waals surface area contributed by atoms with E-state index in [9.17, 15) is 4.79 Å². The molecule has 1 heterocycles. The number of carbonyl (C=O) groups excluding carboxylic acids is 1. The third kappa shape index (κ3) is 2.89. The summed E-state index contributed by atoms with van der Waals surface area (Å²) >= 11 is 0. The number of hydrogen-bond donors (Lipinski definition) is 1. The van der Waals surface area contributed by atoms with Gasteiger partial charge >= 0.3 is 5.97 Å². The Balaban J connectivity index is 2.00. The fraction of sp³-hybridized carbons (Fsp3) is 0.500. The quantitative estimate of drug-likeness (QED) is 0.818. The summed E-state index contributed by atoms with van der Waals surface area (Å²) in [6, 6.07) is 8.10. The van der Waals surface area contributed by atoms with Crippen molar-refractivity contribution in [2.45, 2.75) is 25.4 Å². The lowest BCUT2D eigenvalue weighted by Crippen LogP contribution is -2.34. The number of esters is 1. The van der Waals surface area contributed by atoms with Crippen LogP contribution in [0, 0.1) is 0 Å². The molecule has 0 spiro atoms. The number of rotatable bonds is 4. The van der Waals surface area contributed by atoms with Gasteiger partial charge in [0.15, 0.2) is 0 Å². The molecule has 2 rings (SSSR count). The first-order valence-corrected chi connectivity index (χ1v) is 6.36. The number of methoxy groups -OCH3 is 1. The zero-order valence-corrected chi connectivity index (χ0v) is 10.8. The normalized spacial score (nSPS) is 20.0. The van der Waals surface area contributed by atoms with E-state index in [1.165, 1.54) is 25.5 Å². The zero-order chi connectivity index (χ0) is 13.0. The lowest BCUT2D eigenvalue weighted by molar-refractivity contribution is 0.0600. The standard InChI is InChI=1S/C14H20N2O2/c1-18-14(17)12-6-4-11(5-7-12)10-16-8-2-3-13(16)9-15/h4-7,13H,2-3,8-10,15H2,1H3.